The Morgan fingerprint density at radius 3 is 2.69 bits per heavy atom. The molecule has 1 saturated heterocycles. The van der Waals surface area contributed by atoms with E-state index in [0.29, 0.717) is 46.7 Å². The number of benzene rings is 1. The second kappa shape index (κ2) is 11.1. The highest BCUT2D eigenvalue weighted by Gasteiger charge is 2.41. The predicted molar refractivity (Wildman–Crippen MR) is 143 cm³/mol. The van der Waals surface area contributed by atoms with E-state index in [2.05, 4.69) is 4.90 Å². The highest BCUT2D eigenvalue weighted by Crippen LogP contribution is 2.36. The zero-order valence-corrected chi connectivity index (χ0v) is 23.1. The van der Waals surface area contributed by atoms with E-state index in [4.69, 9.17) is 21.3 Å². The van der Waals surface area contributed by atoms with Gasteiger partial charge < -0.3 is 9.64 Å². The molecule has 1 amide bonds. The predicted octanol–water partition coefficient (Wildman–Crippen LogP) is 4.55. The van der Waals surface area contributed by atoms with Gasteiger partial charge in [-0.1, -0.05) is 35.4 Å². The molecule has 0 saturated carbocycles. The highest BCUT2D eigenvalue weighted by atomic mass is 35.5. The number of carbonyl (C=O) groups is 1. The van der Waals surface area contributed by atoms with Crippen molar-refractivity contribution in [3.63, 3.8) is 0 Å². The van der Waals surface area contributed by atoms with E-state index < -0.39 is 16.1 Å². The molecule has 0 aliphatic carbocycles. The monoisotopic (exact) mass is 556 g/mol. The number of para-hydroxylation sites is 1. The molecule has 3 aromatic rings. The Hall–Kier alpha value is -1.76. The SMILES string of the molecule is COc1cccc2sc(N(CCCN(C)C)C(=O)C3CCCCN3S(=O)(=O)c3ccc(Cl)s3)nc12. The van der Waals surface area contributed by atoms with Crippen molar-refractivity contribution in [2.45, 2.75) is 35.9 Å². The van der Waals surface area contributed by atoms with Crippen LogP contribution in [0.15, 0.2) is 34.5 Å². The van der Waals surface area contributed by atoms with Gasteiger partial charge in [0.05, 0.1) is 16.1 Å². The van der Waals surface area contributed by atoms with Crippen molar-refractivity contribution in [2.75, 3.05) is 45.7 Å². The molecule has 35 heavy (non-hydrogen) atoms. The van der Waals surface area contributed by atoms with Gasteiger partial charge in [-0.2, -0.15) is 4.31 Å². The summed E-state index contributed by atoms with van der Waals surface area (Å²) < 4.78 is 35.2. The number of nitrogens with zero attached hydrogens (tertiary/aromatic N) is 4. The van der Waals surface area contributed by atoms with Crippen LogP contribution in [0.25, 0.3) is 10.2 Å². The molecular formula is C23H29ClN4O4S3. The number of halogens is 1. The molecule has 0 N–H and O–H groups in total. The molecule has 190 valence electrons. The number of aromatic nitrogens is 1. The summed E-state index contributed by atoms with van der Waals surface area (Å²) in [6, 6.07) is 7.96. The number of carbonyl (C=O) groups excluding carboxylic acids is 1. The van der Waals surface area contributed by atoms with Crippen LogP contribution < -0.4 is 9.64 Å². The first-order valence-electron chi connectivity index (χ1n) is 11.4. The Balaban J connectivity index is 1.70. The van der Waals surface area contributed by atoms with Gasteiger partial charge in [-0.15, -0.1) is 11.3 Å². The van der Waals surface area contributed by atoms with Crippen LogP contribution in [0.3, 0.4) is 0 Å². The van der Waals surface area contributed by atoms with E-state index in [9.17, 15) is 13.2 Å². The average molecular weight is 557 g/mol. The first-order valence-corrected chi connectivity index (χ1v) is 14.8. The summed E-state index contributed by atoms with van der Waals surface area (Å²) >= 11 is 8.44. The number of anilines is 1. The summed E-state index contributed by atoms with van der Waals surface area (Å²) in [7, 11) is 1.71. The van der Waals surface area contributed by atoms with Crippen LogP contribution in [-0.2, 0) is 14.8 Å². The van der Waals surface area contributed by atoms with Crippen molar-refractivity contribution in [2.24, 2.45) is 0 Å². The first-order chi connectivity index (χ1) is 16.7. The second-order valence-corrected chi connectivity index (χ2v) is 13.5. The molecule has 0 spiro atoms. The topological polar surface area (TPSA) is 83.0 Å². The zero-order chi connectivity index (χ0) is 25.2. The van der Waals surface area contributed by atoms with Gasteiger partial charge >= 0.3 is 0 Å². The first kappa shape index (κ1) is 26.3. The summed E-state index contributed by atoms with van der Waals surface area (Å²) in [5.74, 6) is 0.398. The second-order valence-electron chi connectivity index (χ2n) is 8.64. The number of amides is 1. The quantitative estimate of drug-likeness (QED) is 0.384. The van der Waals surface area contributed by atoms with Crippen LogP contribution in [0.4, 0.5) is 5.13 Å². The van der Waals surface area contributed by atoms with E-state index in [0.717, 1.165) is 35.4 Å². The van der Waals surface area contributed by atoms with Crippen molar-refractivity contribution >= 4 is 65.6 Å². The molecule has 1 aliphatic rings. The van der Waals surface area contributed by atoms with E-state index in [1.165, 1.54) is 21.7 Å². The molecule has 12 heteroatoms. The highest BCUT2D eigenvalue weighted by molar-refractivity contribution is 7.91. The minimum atomic E-state index is -3.85. The molecule has 3 heterocycles. The maximum atomic E-state index is 14.0. The third-order valence-electron chi connectivity index (χ3n) is 5.92. The van der Waals surface area contributed by atoms with Gasteiger partial charge in [0.15, 0.2) is 5.13 Å². The molecule has 1 aliphatic heterocycles. The van der Waals surface area contributed by atoms with Gasteiger partial charge in [-0.05, 0) is 64.2 Å². The van der Waals surface area contributed by atoms with Crippen molar-refractivity contribution in [1.29, 1.82) is 0 Å². The molecule has 1 fully saturated rings. The number of rotatable bonds is 9. The molecular weight excluding hydrogens is 528 g/mol. The van der Waals surface area contributed by atoms with Crippen molar-refractivity contribution in [3.8, 4) is 5.75 Å². The van der Waals surface area contributed by atoms with Crippen molar-refractivity contribution in [3.05, 3.63) is 34.7 Å². The van der Waals surface area contributed by atoms with Crippen LogP contribution in [0.1, 0.15) is 25.7 Å². The molecule has 1 aromatic carbocycles. The number of fused-ring (bicyclic) bond motifs is 1. The third kappa shape index (κ3) is 5.65. The summed E-state index contributed by atoms with van der Waals surface area (Å²) in [5, 5.41) is 0.551. The number of sulfonamides is 1. The van der Waals surface area contributed by atoms with Gasteiger partial charge in [0, 0.05) is 13.1 Å². The van der Waals surface area contributed by atoms with Gasteiger partial charge in [0.2, 0.25) is 5.91 Å². The zero-order valence-electron chi connectivity index (χ0n) is 19.9. The van der Waals surface area contributed by atoms with Gasteiger partial charge in [0.25, 0.3) is 10.0 Å². The number of methoxy groups -OCH3 is 1. The molecule has 2 aromatic heterocycles. The van der Waals surface area contributed by atoms with Crippen LogP contribution in [0.2, 0.25) is 4.34 Å². The number of hydrogen-bond donors (Lipinski definition) is 0. The normalized spacial score (nSPS) is 17.2. The fraction of sp³-hybridized carbons (Fsp3) is 0.478. The maximum absolute atomic E-state index is 14.0. The van der Waals surface area contributed by atoms with E-state index in [1.807, 2.05) is 32.3 Å². The molecule has 1 atom stereocenters. The Kier molecular flexibility index (Phi) is 8.34. The Bertz CT molecular complexity index is 1290. The van der Waals surface area contributed by atoms with E-state index >= 15 is 0 Å². The smallest absolute Gasteiger partial charge is 0.253 e. The number of thiazole rings is 1. The lowest BCUT2D eigenvalue weighted by molar-refractivity contribution is -0.123. The lowest BCUT2D eigenvalue weighted by atomic mass is 10.0. The van der Waals surface area contributed by atoms with Crippen LogP contribution in [0, 0.1) is 0 Å². The Morgan fingerprint density at radius 2 is 2.00 bits per heavy atom. The maximum Gasteiger partial charge on any atom is 0.253 e. The summed E-state index contributed by atoms with van der Waals surface area (Å²) in [6.07, 6.45) is 2.69. The van der Waals surface area contributed by atoms with Crippen LogP contribution in [0.5, 0.6) is 5.75 Å². The van der Waals surface area contributed by atoms with Gasteiger partial charge in [-0.25, -0.2) is 13.4 Å². The molecule has 0 radical (unpaired) electrons. The molecule has 4 rings (SSSR count). The fourth-order valence-corrected chi connectivity index (χ4v) is 8.49. The Labute approximate surface area is 219 Å². The minimum Gasteiger partial charge on any atom is -0.494 e. The number of thiophene rings is 1. The average Bonchev–Trinajstić information content (AvgIpc) is 3.47. The van der Waals surface area contributed by atoms with Gasteiger partial charge in [-0.3, -0.25) is 9.69 Å². The number of piperidine rings is 1. The minimum absolute atomic E-state index is 0.158. The summed E-state index contributed by atoms with van der Waals surface area (Å²) in [4.78, 5) is 22.5. The standard InChI is InChI=1S/C23H29ClN4O4S3/c1-26(2)13-7-14-27(23-25-21-17(32-3)9-6-10-18(21)33-23)22(29)16-8-4-5-15-28(16)35(30,31)20-12-11-19(24)34-20/h6,9-12,16H,4-5,7-8,13-15H2,1-3H3. The third-order valence-corrected chi connectivity index (χ3v) is 10.6. The molecule has 1 unspecified atom stereocenters. The van der Waals surface area contributed by atoms with E-state index in [-0.39, 0.29) is 10.1 Å². The largest absolute Gasteiger partial charge is 0.494 e. The lowest BCUT2D eigenvalue weighted by Crippen LogP contribution is -2.53. The van der Waals surface area contributed by atoms with Crippen molar-refractivity contribution in [1.82, 2.24) is 14.2 Å². The van der Waals surface area contributed by atoms with Gasteiger partial charge in [0.1, 0.15) is 21.5 Å². The Morgan fingerprint density at radius 1 is 1.20 bits per heavy atom. The number of ether oxygens (including phenoxy) is 1. The van der Waals surface area contributed by atoms with Crippen molar-refractivity contribution < 1.29 is 17.9 Å². The fourth-order valence-electron chi connectivity index (χ4n) is 4.21. The van der Waals surface area contributed by atoms with E-state index in [1.54, 1.807) is 18.1 Å². The van der Waals surface area contributed by atoms with Crippen LogP contribution in [-0.4, -0.2) is 75.4 Å². The lowest BCUT2D eigenvalue weighted by Gasteiger charge is -2.36. The number of hydrogen-bond acceptors (Lipinski definition) is 8. The summed E-state index contributed by atoms with van der Waals surface area (Å²) in [5.41, 5.74) is 0.696. The van der Waals surface area contributed by atoms with Crippen LogP contribution >= 0.6 is 34.3 Å². The molecule has 8 nitrogen and oxygen atoms in total. The molecule has 0 bridgehead atoms. The summed E-state index contributed by atoms with van der Waals surface area (Å²) in [6.45, 7) is 1.53.